The van der Waals surface area contributed by atoms with Gasteiger partial charge in [0.05, 0.1) is 18.4 Å². The number of methoxy groups -OCH3 is 1. The number of carbonyl (C=O) groups excluding carboxylic acids is 1. The first kappa shape index (κ1) is 15.3. The molecule has 1 saturated heterocycles. The highest BCUT2D eigenvalue weighted by Gasteiger charge is 2.25. The summed E-state index contributed by atoms with van der Waals surface area (Å²) in [4.78, 5) is 23.6. The SMILES string of the molecule is COc1ccc(NC(=O)C2CCNC(C)C2)c(C(=O)O)c1. The number of anilines is 1. The zero-order chi connectivity index (χ0) is 15.4. The molecule has 0 bridgehead atoms. The van der Waals surface area contributed by atoms with Crippen LogP contribution in [-0.2, 0) is 4.79 Å². The molecule has 2 unspecified atom stereocenters. The Morgan fingerprint density at radius 2 is 2.19 bits per heavy atom. The molecule has 2 rings (SSSR count). The zero-order valence-corrected chi connectivity index (χ0v) is 12.2. The predicted octanol–water partition coefficient (Wildman–Crippen LogP) is 1.72. The minimum atomic E-state index is -1.09. The average Bonchev–Trinajstić information content (AvgIpc) is 2.47. The Morgan fingerprint density at radius 3 is 2.81 bits per heavy atom. The van der Waals surface area contributed by atoms with Crippen molar-refractivity contribution in [1.29, 1.82) is 0 Å². The number of nitrogens with one attached hydrogen (secondary N) is 2. The predicted molar refractivity (Wildman–Crippen MR) is 78.8 cm³/mol. The molecule has 1 aliphatic rings. The zero-order valence-electron chi connectivity index (χ0n) is 12.2. The van der Waals surface area contributed by atoms with Crippen LogP contribution in [0.4, 0.5) is 5.69 Å². The molecule has 1 aromatic rings. The highest BCUT2D eigenvalue weighted by atomic mass is 16.5. The molecular weight excluding hydrogens is 272 g/mol. The van der Waals surface area contributed by atoms with Crippen molar-refractivity contribution in [1.82, 2.24) is 5.32 Å². The lowest BCUT2D eigenvalue weighted by atomic mass is 9.92. The van der Waals surface area contributed by atoms with Crippen molar-refractivity contribution in [3.63, 3.8) is 0 Å². The molecular formula is C15H20N2O4. The average molecular weight is 292 g/mol. The van der Waals surface area contributed by atoms with Gasteiger partial charge in [0.2, 0.25) is 5.91 Å². The molecule has 1 aliphatic heterocycles. The Labute approximate surface area is 123 Å². The summed E-state index contributed by atoms with van der Waals surface area (Å²) in [5.74, 6) is -0.871. The van der Waals surface area contributed by atoms with Gasteiger partial charge in [-0.2, -0.15) is 0 Å². The maximum atomic E-state index is 12.3. The molecule has 0 aliphatic carbocycles. The molecule has 114 valence electrons. The molecule has 2 atom stereocenters. The van der Waals surface area contributed by atoms with Gasteiger partial charge < -0.3 is 20.5 Å². The summed E-state index contributed by atoms with van der Waals surface area (Å²) < 4.78 is 5.01. The lowest BCUT2D eigenvalue weighted by Gasteiger charge is -2.27. The van der Waals surface area contributed by atoms with Crippen molar-refractivity contribution < 1.29 is 19.4 Å². The summed E-state index contributed by atoms with van der Waals surface area (Å²) in [5, 5.41) is 15.2. The summed E-state index contributed by atoms with van der Waals surface area (Å²) in [6, 6.07) is 4.89. The van der Waals surface area contributed by atoms with Crippen LogP contribution < -0.4 is 15.4 Å². The van der Waals surface area contributed by atoms with E-state index in [0.717, 1.165) is 19.4 Å². The fourth-order valence-corrected chi connectivity index (χ4v) is 2.54. The van der Waals surface area contributed by atoms with Crippen molar-refractivity contribution in [2.75, 3.05) is 19.0 Å². The van der Waals surface area contributed by atoms with Crippen molar-refractivity contribution in [2.45, 2.75) is 25.8 Å². The van der Waals surface area contributed by atoms with Gasteiger partial charge in [0.25, 0.3) is 0 Å². The van der Waals surface area contributed by atoms with Gasteiger partial charge in [0.15, 0.2) is 0 Å². The fraction of sp³-hybridized carbons (Fsp3) is 0.467. The number of carbonyl (C=O) groups is 2. The minimum absolute atomic E-state index is 0.0321. The van der Waals surface area contributed by atoms with Gasteiger partial charge in [-0.05, 0) is 44.5 Å². The number of carboxylic acid groups (broad SMARTS) is 1. The van der Waals surface area contributed by atoms with Gasteiger partial charge in [0, 0.05) is 12.0 Å². The molecule has 0 aromatic heterocycles. The first-order valence-electron chi connectivity index (χ1n) is 6.97. The molecule has 1 fully saturated rings. The summed E-state index contributed by atoms with van der Waals surface area (Å²) in [6.07, 6.45) is 1.51. The second-order valence-electron chi connectivity index (χ2n) is 5.28. The Morgan fingerprint density at radius 1 is 1.43 bits per heavy atom. The third-order valence-electron chi connectivity index (χ3n) is 3.71. The quantitative estimate of drug-likeness (QED) is 0.786. The minimum Gasteiger partial charge on any atom is -0.497 e. The van der Waals surface area contributed by atoms with E-state index in [1.807, 2.05) is 6.92 Å². The molecule has 3 N–H and O–H groups in total. The standard InChI is InChI=1S/C15H20N2O4/c1-9-7-10(5-6-16-9)14(18)17-13-4-3-11(21-2)8-12(13)15(19)20/h3-4,8-10,16H,5-7H2,1-2H3,(H,17,18)(H,19,20). The second kappa shape index (κ2) is 6.58. The van der Waals surface area contributed by atoms with Gasteiger partial charge in [-0.15, -0.1) is 0 Å². The first-order valence-corrected chi connectivity index (χ1v) is 6.97. The van der Waals surface area contributed by atoms with E-state index >= 15 is 0 Å². The van der Waals surface area contributed by atoms with Crippen LogP contribution in [0.3, 0.4) is 0 Å². The Kier molecular flexibility index (Phi) is 4.80. The van der Waals surface area contributed by atoms with Gasteiger partial charge in [-0.3, -0.25) is 4.79 Å². The summed E-state index contributed by atoms with van der Waals surface area (Å²) >= 11 is 0. The number of rotatable bonds is 4. The van der Waals surface area contributed by atoms with Crippen LogP contribution in [0.15, 0.2) is 18.2 Å². The summed E-state index contributed by atoms with van der Waals surface area (Å²) in [5.41, 5.74) is 0.337. The molecule has 1 aromatic carbocycles. The maximum Gasteiger partial charge on any atom is 0.337 e. The van der Waals surface area contributed by atoms with Crippen LogP contribution >= 0.6 is 0 Å². The third-order valence-corrected chi connectivity index (χ3v) is 3.71. The Hall–Kier alpha value is -2.08. The highest BCUT2D eigenvalue weighted by molar-refractivity contribution is 6.01. The van der Waals surface area contributed by atoms with E-state index < -0.39 is 5.97 Å². The summed E-state index contributed by atoms with van der Waals surface area (Å²) in [7, 11) is 1.47. The van der Waals surface area contributed by atoms with Crippen molar-refractivity contribution in [3.8, 4) is 5.75 Å². The number of hydrogen-bond donors (Lipinski definition) is 3. The lowest BCUT2D eigenvalue weighted by Crippen LogP contribution is -2.40. The number of piperidine rings is 1. The van der Waals surface area contributed by atoms with Crippen LogP contribution in [0, 0.1) is 5.92 Å². The van der Waals surface area contributed by atoms with Crippen molar-refractivity contribution in [2.24, 2.45) is 5.92 Å². The van der Waals surface area contributed by atoms with Crippen molar-refractivity contribution in [3.05, 3.63) is 23.8 Å². The van der Waals surface area contributed by atoms with Crippen LogP contribution in [0.2, 0.25) is 0 Å². The van der Waals surface area contributed by atoms with E-state index in [0.29, 0.717) is 17.5 Å². The Bertz CT molecular complexity index is 544. The molecule has 6 heteroatoms. The van der Waals surface area contributed by atoms with Crippen LogP contribution in [-0.4, -0.2) is 36.7 Å². The van der Waals surface area contributed by atoms with E-state index in [-0.39, 0.29) is 17.4 Å². The number of hydrogen-bond acceptors (Lipinski definition) is 4. The fourth-order valence-electron chi connectivity index (χ4n) is 2.54. The van der Waals surface area contributed by atoms with E-state index in [1.165, 1.54) is 13.2 Å². The number of carboxylic acids is 1. The number of benzene rings is 1. The van der Waals surface area contributed by atoms with Gasteiger partial charge in [0.1, 0.15) is 5.75 Å². The third kappa shape index (κ3) is 3.72. The van der Waals surface area contributed by atoms with E-state index in [4.69, 9.17) is 4.74 Å². The molecule has 0 spiro atoms. The lowest BCUT2D eigenvalue weighted by molar-refractivity contribution is -0.120. The van der Waals surface area contributed by atoms with Gasteiger partial charge in [-0.1, -0.05) is 0 Å². The van der Waals surface area contributed by atoms with Crippen LogP contribution in [0.1, 0.15) is 30.1 Å². The van der Waals surface area contributed by atoms with Crippen LogP contribution in [0.5, 0.6) is 5.75 Å². The van der Waals surface area contributed by atoms with Crippen molar-refractivity contribution >= 4 is 17.6 Å². The molecule has 21 heavy (non-hydrogen) atoms. The van der Waals surface area contributed by atoms with Gasteiger partial charge >= 0.3 is 5.97 Å². The second-order valence-corrected chi connectivity index (χ2v) is 5.28. The van der Waals surface area contributed by atoms with E-state index in [2.05, 4.69) is 10.6 Å². The molecule has 1 amide bonds. The number of ether oxygens (including phenoxy) is 1. The molecule has 6 nitrogen and oxygen atoms in total. The molecule has 0 saturated carbocycles. The summed E-state index contributed by atoms with van der Waals surface area (Å²) in [6.45, 7) is 2.84. The molecule has 0 radical (unpaired) electrons. The van der Waals surface area contributed by atoms with Crippen LogP contribution in [0.25, 0.3) is 0 Å². The van der Waals surface area contributed by atoms with Gasteiger partial charge in [-0.25, -0.2) is 4.79 Å². The number of amides is 1. The smallest absolute Gasteiger partial charge is 0.337 e. The molecule has 1 heterocycles. The number of aromatic carboxylic acids is 1. The van der Waals surface area contributed by atoms with E-state index in [9.17, 15) is 14.7 Å². The first-order chi connectivity index (χ1) is 10.0. The highest BCUT2D eigenvalue weighted by Crippen LogP contribution is 2.24. The largest absolute Gasteiger partial charge is 0.497 e. The maximum absolute atomic E-state index is 12.3. The topological polar surface area (TPSA) is 87.7 Å². The monoisotopic (exact) mass is 292 g/mol. The normalized spacial score (nSPS) is 21.6. The Balaban J connectivity index is 2.14. The van der Waals surface area contributed by atoms with E-state index in [1.54, 1.807) is 12.1 Å².